The van der Waals surface area contributed by atoms with E-state index in [0.29, 0.717) is 25.7 Å². The molecule has 0 aliphatic heterocycles. The van der Waals surface area contributed by atoms with Crippen molar-refractivity contribution in [3.8, 4) is 0 Å². The summed E-state index contributed by atoms with van der Waals surface area (Å²) < 4.78 is 0. The van der Waals surface area contributed by atoms with E-state index in [1.54, 1.807) is 0 Å². The topological polar surface area (TPSA) is 137 Å². The molecule has 9 nitrogen and oxygen atoms in total. The number of carbonyl (C=O) groups is 4. The molecule has 198 valence electrons. The summed E-state index contributed by atoms with van der Waals surface area (Å²) in [6, 6.07) is -2.75. The lowest BCUT2D eigenvalue weighted by molar-refractivity contribution is -0.142. The Morgan fingerprint density at radius 3 is 1.88 bits per heavy atom. The zero-order chi connectivity index (χ0) is 26.7. The van der Waals surface area contributed by atoms with Crippen molar-refractivity contribution in [1.82, 2.24) is 21.3 Å². The molecule has 0 aromatic carbocycles. The second-order valence-corrected chi connectivity index (χ2v) is 11.7. The fourth-order valence-corrected chi connectivity index (χ4v) is 3.13. The lowest BCUT2D eigenvalue weighted by atomic mass is 9.90. The smallest absolute Gasteiger partial charge is 0.326 e. The zero-order valence-electron chi connectivity index (χ0n) is 22.6. The van der Waals surface area contributed by atoms with Crippen LogP contribution >= 0.6 is 0 Å². The monoisotopic (exact) mass is 484 g/mol. The first kappa shape index (κ1) is 31.8. The molecule has 3 atom stereocenters. The maximum absolute atomic E-state index is 12.8. The van der Waals surface area contributed by atoms with Crippen molar-refractivity contribution >= 4 is 23.7 Å². The normalized spacial score (nSPS) is 14.8. The Labute approximate surface area is 205 Å². The second-order valence-electron chi connectivity index (χ2n) is 11.7. The molecule has 0 heterocycles. The van der Waals surface area contributed by atoms with Gasteiger partial charge < -0.3 is 26.4 Å². The third kappa shape index (κ3) is 14.9. The summed E-state index contributed by atoms with van der Waals surface area (Å²) in [5.74, 6) is -2.55. The average molecular weight is 485 g/mol. The van der Waals surface area contributed by atoms with E-state index in [9.17, 15) is 24.3 Å². The summed E-state index contributed by atoms with van der Waals surface area (Å²) in [7, 11) is 0. The van der Waals surface area contributed by atoms with Crippen molar-refractivity contribution in [2.45, 2.75) is 118 Å². The van der Waals surface area contributed by atoms with Gasteiger partial charge in [0.2, 0.25) is 17.7 Å². The highest BCUT2D eigenvalue weighted by Crippen LogP contribution is 2.20. The maximum atomic E-state index is 12.8. The number of carboxylic acids is 1. The van der Waals surface area contributed by atoms with Crippen LogP contribution in [0.2, 0.25) is 0 Å². The van der Waals surface area contributed by atoms with Crippen LogP contribution in [0.4, 0.5) is 0 Å². The highest BCUT2D eigenvalue weighted by atomic mass is 16.4. The molecule has 0 aromatic heterocycles. The summed E-state index contributed by atoms with van der Waals surface area (Å²) >= 11 is 0. The van der Waals surface area contributed by atoms with Gasteiger partial charge in [0.05, 0.1) is 0 Å². The van der Waals surface area contributed by atoms with Crippen LogP contribution in [0.5, 0.6) is 0 Å². The summed E-state index contributed by atoms with van der Waals surface area (Å²) in [5, 5.41) is 20.7. The molecule has 0 saturated carbocycles. The largest absolute Gasteiger partial charge is 0.480 e. The molecule has 3 amide bonds. The van der Waals surface area contributed by atoms with Gasteiger partial charge in [-0.05, 0) is 71.3 Å². The zero-order valence-corrected chi connectivity index (χ0v) is 22.6. The Bertz CT molecular complexity index is 680. The minimum Gasteiger partial charge on any atom is -0.480 e. The van der Waals surface area contributed by atoms with Gasteiger partial charge in [0.15, 0.2) is 0 Å². The van der Waals surface area contributed by atoms with E-state index in [1.807, 2.05) is 34.6 Å². The second kappa shape index (κ2) is 14.3. The standard InChI is InChI=1S/C25H48N4O5/c1-16(2)20(29-19(30)13-14-24(4,5)6)22(32)27-17(3)21(31)28-18(23(33)34)12-10-11-15-26-25(7,8)9/h16-18,20,26H,10-15H2,1-9H3,(H,27,32)(H,28,31)(H,29,30)(H,33,34)/t17-,18-,20-/m0/s1. The van der Waals surface area contributed by atoms with Crippen molar-refractivity contribution in [3.05, 3.63) is 0 Å². The van der Waals surface area contributed by atoms with E-state index in [-0.39, 0.29) is 22.8 Å². The molecule has 0 aliphatic carbocycles. The quantitative estimate of drug-likeness (QED) is 0.240. The van der Waals surface area contributed by atoms with Crippen LogP contribution in [0.25, 0.3) is 0 Å². The summed E-state index contributed by atoms with van der Waals surface area (Å²) in [5.41, 5.74) is -0.00271. The number of carbonyl (C=O) groups excluding carboxylic acids is 3. The molecule has 0 fully saturated rings. The van der Waals surface area contributed by atoms with Crippen LogP contribution in [0.3, 0.4) is 0 Å². The van der Waals surface area contributed by atoms with Crippen LogP contribution in [-0.2, 0) is 19.2 Å². The fourth-order valence-electron chi connectivity index (χ4n) is 3.13. The van der Waals surface area contributed by atoms with Crippen LogP contribution in [0.15, 0.2) is 0 Å². The highest BCUT2D eigenvalue weighted by molar-refractivity contribution is 5.93. The van der Waals surface area contributed by atoms with E-state index in [1.165, 1.54) is 6.92 Å². The van der Waals surface area contributed by atoms with Gasteiger partial charge >= 0.3 is 5.97 Å². The van der Waals surface area contributed by atoms with Gasteiger partial charge in [-0.2, -0.15) is 0 Å². The fraction of sp³-hybridized carbons (Fsp3) is 0.840. The number of unbranched alkanes of at least 4 members (excludes halogenated alkanes) is 1. The van der Waals surface area contributed by atoms with Gasteiger partial charge in [-0.15, -0.1) is 0 Å². The first-order valence-corrected chi connectivity index (χ1v) is 12.3. The van der Waals surface area contributed by atoms with Crippen molar-refractivity contribution in [3.63, 3.8) is 0 Å². The van der Waals surface area contributed by atoms with Gasteiger partial charge in [-0.3, -0.25) is 14.4 Å². The van der Waals surface area contributed by atoms with Crippen LogP contribution < -0.4 is 21.3 Å². The van der Waals surface area contributed by atoms with E-state index >= 15 is 0 Å². The number of nitrogens with one attached hydrogen (secondary N) is 4. The van der Waals surface area contributed by atoms with Crippen molar-refractivity contribution in [2.75, 3.05) is 6.54 Å². The molecule has 0 saturated heterocycles. The van der Waals surface area contributed by atoms with Crippen LogP contribution in [0, 0.1) is 11.3 Å². The molecule has 5 N–H and O–H groups in total. The minimum absolute atomic E-state index is 0.00329. The lowest BCUT2D eigenvalue weighted by Crippen LogP contribution is -2.56. The van der Waals surface area contributed by atoms with Gasteiger partial charge in [-0.1, -0.05) is 34.6 Å². The number of aliphatic carboxylic acids is 1. The molecule has 0 rings (SSSR count). The molecule has 0 aliphatic rings. The first-order chi connectivity index (χ1) is 15.4. The molecule has 0 spiro atoms. The highest BCUT2D eigenvalue weighted by Gasteiger charge is 2.29. The predicted octanol–water partition coefficient (Wildman–Crippen LogP) is 2.59. The Kier molecular flexibility index (Phi) is 13.4. The molecule has 0 unspecified atom stereocenters. The van der Waals surface area contributed by atoms with Gasteiger partial charge in [0, 0.05) is 12.0 Å². The average Bonchev–Trinajstić information content (AvgIpc) is 2.67. The SMILES string of the molecule is CC(C)[C@H](NC(=O)CCC(C)(C)C)C(=O)N[C@@H](C)C(=O)N[C@@H](CCCCNC(C)(C)C)C(=O)O. The molecule has 9 heteroatoms. The van der Waals surface area contributed by atoms with Gasteiger partial charge in [0.25, 0.3) is 0 Å². The van der Waals surface area contributed by atoms with Crippen molar-refractivity contribution < 1.29 is 24.3 Å². The van der Waals surface area contributed by atoms with Crippen molar-refractivity contribution in [2.24, 2.45) is 11.3 Å². The predicted molar refractivity (Wildman–Crippen MR) is 134 cm³/mol. The van der Waals surface area contributed by atoms with Crippen molar-refractivity contribution in [1.29, 1.82) is 0 Å². The Hall–Kier alpha value is -2.16. The maximum Gasteiger partial charge on any atom is 0.326 e. The lowest BCUT2D eigenvalue weighted by Gasteiger charge is -2.25. The Morgan fingerprint density at radius 2 is 1.41 bits per heavy atom. The molecule has 0 radical (unpaired) electrons. The first-order valence-electron chi connectivity index (χ1n) is 12.3. The van der Waals surface area contributed by atoms with Gasteiger partial charge in [-0.25, -0.2) is 4.79 Å². The summed E-state index contributed by atoms with van der Waals surface area (Å²) in [4.78, 5) is 49.2. The third-order valence-electron chi connectivity index (χ3n) is 5.31. The molecule has 34 heavy (non-hydrogen) atoms. The summed E-state index contributed by atoms with van der Waals surface area (Å²) in [6.07, 6.45) is 2.71. The molecule has 0 aromatic rings. The number of amides is 3. The van der Waals surface area contributed by atoms with E-state index in [4.69, 9.17) is 0 Å². The summed E-state index contributed by atoms with van der Waals surface area (Å²) in [6.45, 7) is 18.2. The number of hydrogen-bond acceptors (Lipinski definition) is 5. The molecular formula is C25H48N4O5. The number of carboxylic acid groups (broad SMARTS) is 1. The Morgan fingerprint density at radius 1 is 0.824 bits per heavy atom. The number of rotatable bonds is 14. The van der Waals surface area contributed by atoms with Crippen LogP contribution in [0.1, 0.15) is 94.4 Å². The number of hydrogen-bond donors (Lipinski definition) is 5. The van der Waals surface area contributed by atoms with E-state index < -0.39 is 35.9 Å². The minimum atomic E-state index is -1.11. The van der Waals surface area contributed by atoms with Gasteiger partial charge in [0.1, 0.15) is 18.1 Å². The van der Waals surface area contributed by atoms with E-state index in [2.05, 4.69) is 42.0 Å². The van der Waals surface area contributed by atoms with E-state index in [0.717, 1.165) is 13.0 Å². The third-order valence-corrected chi connectivity index (χ3v) is 5.31. The van der Waals surface area contributed by atoms with Crippen LogP contribution in [-0.4, -0.2) is 59.0 Å². The molecule has 0 bridgehead atoms. The molecular weight excluding hydrogens is 436 g/mol. The Balaban J connectivity index is 4.78.